The molecular weight excluding hydrogens is 332 g/mol. The maximum atomic E-state index is 12.2. The van der Waals surface area contributed by atoms with Gasteiger partial charge in [-0.05, 0) is 48.9 Å². The van der Waals surface area contributed by atoms with Crippen molar-refractivity contribution in [2.75, 3.05) is 5.32 Å². The molecule has 0 unspecified atom stereocenters. The molecule has 0 atom stereocenters. The van der Waals surface area contributed by atoms with Crippen molar-refractivity contribution in [1.82, 2.24) is 0 Å². The number of carbonyl (C=O) groups is 2. The van der Waals surface area contributed by atoms with Gasteiger partial charge >= 0.3 is 0 Å². The van der Waals surface area contributed by atoms with Crippen LogP contribution in [0.4, 0.5) is 5.00 Å². The van der Waals surface area contributed by atoms with Crippen LogP contribution in [0.15, 0.2) is 24.3 Å². The van der Waals surface area contributed by atoms with Crippen molar-refractivity contribution in [2.24, 2.45) is 5.73 Å². The molecule has 0 radical (unpaired) electrons. The third kappa shape index (κ3) is 3.57. The van der Waals surface area contributed by atoms with E-state index in [-0.39, 0.29) is 5.91 Å². The predicted octanol–water partition coefficient (Wildman–Crippen LogP) is 3.56. The third-order valence-corrected chi connectivity index (χ3v) is 5.39. The van der Waals surface area contributed by atoms with Gasteiger partial charge in [0.15, 0.2) is 0 Å². The van der Waals surface area contributed by atoms with Crippen molar-refractivity contribution >= 4 is 39.8 Å². The minimum atomic E-state index is -0.463. The Bertz CT molecular complexity index is 770. The van der Waals surface area contributed by atoms with E-state index in [1.807, 2.05) is 18.2 Å². The number of anilines is 1. The van der Waals surface area contributed by atoms with Crippen LogP contribution < -0.4 is 11.1 Å². The summed E-state index contributed by atoms with van der Waals surface area (Å²) >= 11 is 7.41. The molecule has 1 aromatic heterocycles. The Morgan fingerprint density at radius 2 is 2.13 bits per heavy atom. The number of primary amides is 1. The van der Waals surface area contributed by atoms with Gasteiger partial charge in [-0.15, -0.1) is 11.3 Å². The van der Waals surface area contributed by atoms with E-state index in [4.69, 9.17) is 17.3 Å². The molecule has 2 amide bonds. The van der Waals surface area contributed by atoms with Gasteiger partial charge in [0, 0.05) is 16.3 Å². The molecule has 120 valence electrons. The topological polar surface area (TPSA) is 72.2 Å². The molecule has 1 aliphatic rings. The first-order chi connectivity index (χ1) is 11.0. The Labute approximate surface area is 143 Å². The Kier molecular flexibility index (Phi) is 4.68. The fourth-order valence-corrected chi connectivity index (χ4v) is 4.42. The van der Waals surface area contributed by atoms with Crippen LogP contribution in [-0.2, 0) is 24.1 Å². The van der Waals surface area contributed by atoms with E-state index < -0.39 is 5.91 Å². The number of hydrogen-bond acceptors (Lipinski definition) is 3. The van der Waals surface area contributed by atoms with Gasteiger partial charge in [-0.25, -0.2) is 0 Å². The third-order valence-electron chi connectivity index (χ3n) is 3.95. The van der Waals surface area contributed by atoms with Crippen molar-refractivity contribution < 1.29 is 9.59 Å². The maximum absolute atomic E-state index is 12.2. The van der Waals surface area contributed by atoms with Crippen LogP contribution in [0.3, 0.4) is 0 Å². The van der Waals surface area contributed by atoms with Gasteiger partial charge in [0.25, 0.3) is 5.91 Å². The Hall–Kier alpha value is -1.85. The largest absolute Gasteiger partial charge is 0.365 e. The lowest BCUT2D eigenvalue weighted by Crippen LogP contribution is -2.18. The summed E-state index contributed by atoms with van der Waals surface area (Å²) in [6.45, 7) is 0. The van der Waals surface area contributed by atoms with Gasteiger partial charge in [-0.2, -0.15) is 0 Å². The van der Waals surface area contributed by atoms with E-state index in [1.165, 1.54) is 16.2 Å². The fourth-order valence-electron chi connectivity index (χ4n) is 2.89. The van der Waals surface area contributed by atoms with E-state index in [1.54, 1.807) is 6.07 Å². The molecular formula is C17H17ClN2O2S. The normalized spacial score (nSPS) is 12.9. The maximum Gasteiger partial charge on any atom is 0.251 e. The zero-order chi connectivity index (χ0) is 16.4. The Balaban J connectivity index is 1.68. The molecule has 3 rings (SSSR count). The van der Waals surface area contributed by atoms with E-state index in [2.05, 4.69) is 5.32 Å². The van der Waals surface area contributed by atoms with Crippen molar-refractivity contribution in [3.05, 3.63) is 50.9 Å². The number of benzene rings is 1. The summed E-state index contributed by atoms with van der Waals surface area (Å²) < 4.78 is 0. The number of rotatable bonds is 5. The summed E-state index contributed by atoms with van der Waals surface area (Å²) in [5.41, 5.74) is 8.02. The molecule has 23 heavy (non-hydrogen) atoms. The van der Waals surface area contributed by atoms with Gasteiger partial charge in [-0.1, -0.05) is 23.7 Å². The number of thiophene rings is 1. The first-order valence-corrected chi connectivity index (χ1v) is 8.72. The number of aryl methyl sites for hydroxylation is 2. The molecule has 0 saturated heterocycles. The average Bonchev–Trinajstić information content (AvgIpc) is 3.05. The van der Waals surface area contributed by atoms with Crippen molar-refractivity contribution in [3.63, 3.8) is 0 Å². The monoisotopic (exact) mass is 348 g/mol. The van der Waals surface area contributed by atoms with Crippen LogP contribution in [0.25, 0.3) is 0 Å². The Morgan fingerprint density at radius 3 is 2.87 bits per heavy atom. The van der Waals surface area contributed by atoms with E-state index in [0.717, 1.165) is 30.4 Å². The average molecular weight is 349 g/mol. The van der Waals surface area contributed by atoms with Crippen LogP contribution in [-0.4, -0.2) is 11.8 Å². The summed E-state index contributed by atoms with van der Waals surface area (Å²) in [6.07, 6.45) is 3.80. The van der Waals surface area contributed by atoms with Gasteiger partial charge in [0.2, 0.25) is 5.91 Å². The molecule has 0 saturated carbocycles. The zero-order valence-corrected chi connectivity index (χ0v) is 14.1. The summed E-state index contributed by atoms with van der Waals surface area (Å²) in [5, 5.41) is 4.11. The van der Waals surface area contributed by atoms with Gasteiger partial charge < -0.3 is 11.1 Å². The standard InChI is InChI=1S/C17H17ClN2O2S/c18-11-4-1-3-10(9-11)7-8-14(21)20-17-15(16(19)22)12-5-2-6-13(12)23-17/h1,3-4,9H,2,5-8H2,(H2,19,22)(H,20,21). The molecule has 0 aliphatic heterocycles. The number of amides is 2. The van der Waals surface area contributed by atoms with Crippen LogP contribution >= 0.6 is 22.9 Å². The fraction of sp³-hybridized carbons (Fsp3) is 0.294. The van der Waals surface area contributed by atoms with Crippen LogP contribution in [0, 0.1) is 0 Å². The molecule has 0 fully saturated rings. The second kappa shape index (κ2) is 6.72. The minimum absolute atomic E-state index is 0.118. The minimum Gasteiger partial charge on any atom is -0.365 e. The van der Waals surface area contributed by atoms with Gasteiger partial charge in [0.05, 0.1) is 5.56 Å². The SMILES string of the molecule is NC(=O)c1c(NC(=O)CCc2cccc(Cl)c2)sc2c1CCC2. The number of hydrogen-bond donors (Lipinski definition) is 2. The van der Waals surface area contributed by atoms with Gasteiger partial charge in [0.1, 0.15) is 5.00 Å². The number of carbonyl (C=O) groups excluding carboxylic acids is 2. The Morgan fingerprint density at radius 1 is 1.30 bits per heavy atom. The van der Waals surface area contributed by atoms with E-state index in [0.29, 0.717) is 28.4 Å². The highest BCUT2D eigenvalue weighted by atomic mass is 35.5. The van der Waals surface area contributed by atoms with Crippen molar-refractivity contribution in [3.8, 4) is 0 Å². The summed E-state index contributed by atoms with van der Waals surface area (Å²) in [5.74, 6) is -0.582. The van der Waals surface area contributed by atoms with E-state index in [9.17, 15) is 9.59 Å². The second-order valence-corrected chi connectivity index (χ2v) is 7.15. The number of fused-ring (bicyclic) bond motifs is 1. The quantitative estimate of drug-likeness (QED) is 0.867. The van der Waals surface area contributed by atoms with Crippen LogP contribution in [0.1, 0.15) is 39.2 Å². The molecule has 1 aliphatic carbocycles. The highest BCUT2D eigenvalue weighted by molar-refractivity contribution is 7.17. The zero-order valence-electron chi connectivity index (χ0n) is 12.5. The predicted molar refractivity (Wildman–Crippen MR) is 93.3 cm³/mol. The van der Waals surface area contributed by atoms with Crippen LogP contribution in [0.2, 0.25) is 5.02 Å². The lowest BCUT2D eigenvalue weighted by Gasteiger charge is -2.06. The molecule has 1 heterocycles. The molecule has 6 heteroatoms. The first kappa shape index (κ1) is 16.0. The second-order valence-electron chi connectivity index (χ2n) is 5.60. The smallest absolute Gasteiger partial charge is 0.251 e. The molecule has 0 bridgehead atoms. The lowest BCUT2D eigenvalue weighted by atomic mass is 10.1. The summed E-state index contributed by atoms with van der Waals surface area (Å²) in [7, 11) is 0. The highest BCUT2D eigenvalue weighted by Crippen LogP contribution is 2.38. The molecule has 2 aromatic rings. The number of nitrogens with one attached hydrogen (secondary N) is 1. The van der Waals surface area contributed by atoms with Crippen molar-refractivity contribution in [1.29, 1.82) is 0 Å². The molecule has 3 N–H and O–H groups in total. The van der Waals surface area contributed by atoms with Crippen LogP contribution in [0.5, 0.6) is 0 Å². The highest BCUT2D eigenvalue weighted by Gasteiger charge is 2.25. The van der Waals surface area contributed by atoms with Crippen molar-refractivity contribution in [2.45, 2.75) is 32.1 Å². The molecule has 4 nitrogen and oxygen atoms in total. The van der Waals surface area contributed by atoms with E-state index >= 15 is 0 Å². The molecule has 0 spiro atoms. The number of nitrogens with two attached hydrogens (primary N) is 1. The number of halogens is 1. The summed E-state index contributed by atoms with van der Waals surface area (Å²) in [4.78, 5) is 25.1. The lowest BCUT2D eigenvalue weighted by molar-refractivity contribution is -0.116. The first-order valence-electron chi connectivity index (χ1n) is 7.53. The summed E-state index contributed by atoms with van der Waals surface area (Å²) in [6, 6.07) is 7.46. The molecule has 1 aromatic carbocycles. The van der Waals surface area contributed by atoms with Gasteiger partial charge in [-0.3, -0.25) is 9.59 Å².